The van der Waals surface area contributed by atoms with E-state index in [9.17, 15) is 18.0 Å². The number of aromatic nitrogens is 2. The first-order valence-electron chi connectivity index (χ1n) is 5.94. The highest BCUT2D eigenvalue weighted by molar-refractivity contribution is 7.91. The van der Waals surface area contributed by atoms with Crippen LogP contribution < -0.4 is 5.32 Å². The van der Waals surface area contributed by atoms with E-state index >= 15 is 0 Å². The van der Waals surface area contributed by atoms with Crippen molar-refractivity contribution in [2.24, 2.45) is 0 Å². The molecule has 0 saturated carbocycles. The van der Waals surface area contributed by atoms with E-state index in [2.05, 4.69) is 15.3 Å². The molecule has 8 nitrogen and oxygen atoms in total. The Bertz CT molecular complexity index is 626. The van der Waals surface area contributed by atoms with Gasteiger partial charge in [0.15, 0.2) is 15.5 Å². The van der Waals surface area contributed by atoms with Gasteiger partial charge in [-0.3, -0.25) is 4.79 Å². The van der Waals surface area contributed by atoms with Gasteiger partial charge in [-0.25, -0.2) is 23.2 Å². The fourth-order valence-corrected chi connectivity index (χ4v) is 3.59. The zero-order chi connectivity index (χ0) is 14.8. The molecule has 0 aliphatic carbocycles. The Balaban J connectivity index is 2.03. The molecule has 0 spiro atoms. The van der Waals surface area contributed by atoms with E-state index in [1.165, 1.54) is 0 Å². The number of nitrogens with one attached hydrogen (secondary N) is 1. The lowest BCUT2D eigenvalue weighted by molar-refractivity contribution is 0.0688. The molecule has 2 heterocycles. The second kappa shape index (κ2) is 5.53. The molecular weight excluding hydrogens is 286 g/mol. The minimum Gasteiger partial charge on any atom is -0.476 e. The van der Waals surface area contributed by atoms with Gasteiger partial charge in [-0.05, 0) is 12.8 Å². The Morgan fingerprint density at radius 2 is 1.90 bits per heavy atom. The average Bonchev–Trinajstić information content (AvgIpc) is 2.37. The molecule has 1 unspecified atom stereocenters. The van der Waals surface area contributed by atoms with Gasteiger partial charge in [0.2, 0.25) is 0 Å². The van der Waals surface area contributed by atoms with Crippen molar-refractivity contribution in [2.45, 2.75) is 18.9 Å². The molecule has 1 aliphatic heterocycles. The standard InChI is InChI=1S/C11H13N3O5S/c15-10(8-4-13-9(5-12-8)11(16)17)14-7-2-1-3-20(18,19)6-7/h4-5,7H,1-3,6H2,(H,14,15)(H,16,17). The van der Waals surface area contributed by atoms with Crippen LogP contribution in [0, 0.1) is 0 Å². The van der Waals surface area contributed by atoms with Gasteiger partial charge >= 0.3 is 5.97 Å². The molecule has 1 atom stereocenters. The van der Waals surface area contributed by atoms with Crippen LogP contribution in [0.3, 0.4) is 0 Å². The molecule has 9 heteroatoms. The van der Waals surface area contributed by atoms with E-state index in [-0.39, 0.29) is 22.9 Å². The number of hydrogen-bond acceptors (Lipinski definition) is 6. The summed E-state index contributed by atoms with van der Waals surface area (Å²) in [6.07, 6.45) is 3.13. The molecule has 0 bridgehead atoms. The first kappa shape index (κ1) is 14.4. The van der Waals surface area contributed by atoms with Gasteiger partial charge in [0.05, 0.1) is 23.9 Å². The van der Waals surface area contributed by atoms with Crippen molar-refractivity contribution in [1.82, 2.24) is 15.3 Å². The lowest BCUT2D eigenvalue weighted by atomic mass is 10.2. The molecule has 108 valence electrons. The SMILES string of the molecule is O=C(O)c1cnc(C(=O)NC2CCCS(=O)(=O)C2)cn1. The lowest BCUT2D eigenvalue weighted by Crippen LogP contribution is -2.43. The van der Waals surface area contributed by atoms with Gasteiger partial charge in [0.1, 0.15) is 5.69 Å². The van der Waals surface area contributed by atoms with Gasteiger partial charge in [-0.2, -0.15) is 0 Å². The Labute approximate surface area is 115 Å². The minimum absolute atomic E-state index is 0.0435. The third kappa shape index (κ3) is 3.50. The number of carboxylic acid groups (broad SMARTS) is 1. The Kier molecular flexibility index (Phi) is 3.98. The Hall–Kier alpha value is -2.03. The van der Waals surface area contributed by atoms with Crippen LogP contribution in [0.5, 0.6) is 0 Å². The largest absolute Gasteiger partial charge is 0.476 e. The first-order chi connectivity index (χ1) is 9.37. The van der Waals surface area contributed by atoms with Crippen LogP contribution in [-0.4, -0.2) is 52.9 Å². The smallest absolute Gasteiger partial charge is 0.356 e. The zero-order valence-electron chi connectivity index (χ0n) is 10.4. The molecule has 0 aromatic carbocycles. The van der Waals surface area contributed by atoms with Crippen LogP contribution in [0.1, 0.15) is 33.8 Å². The van der Waals surface area contributed by atoms with Crippen molar-refractivity contribution in [1.29, 1.82) is 0 Å². The fourth-order valence-electron chi connectivity index (χ4n) is 1.95. The second-order valence-corrected chi connectivity index (χ2v) is 6.75. The molecule has 1 aromatic rings. The summed E-state index contributed by atoms with van der Waals surface area (Å²) >= 11 is 0. The van der Waals surface area contributed by atoms with Gasteiger partial charge in [0.25, 0.3) is 5.91 Å². The molecule has 1 aromatic heterocycles. The van der Waals surface area contributed by atoms with Crippen LogP contribution in [0.4, 0.5) is 0 Å². The number of aromatic carboxylic acids is 1. The van der Waals surface area contributed by atoms with E-state index in [1.807, 2.05) is 0 Å². The highest BCUT2D eigenvalue weighted by Gasteiger charge is 2.26. The van der Waals surface area contributed by atoms with Gasteiger partial charge in [-0.15, -0.1) is 0 Å². The molecule has 1 saturated heterocycles. The summed E-state index contributed by atoms with van der Waals surface area (Å²) in [6, 6.07) is -0.442. The number of hydrogen-bond donors (Lipinski definition) is 2. The number of amides is 1. The van der Waals surface area contributed by atoms with Crippen LogP contribution in [0.25, 0.3) is 0 Å². The van der Waals surface area contributed by atoms with Crippen LogP contribution in [0.2, 0.25) is 0 Å². The van der Waals surface area contributed by atoms with Gasteiger partial charge in [-0.1, -0.05) is 0 Å². The average molecular weight is 299 g/mol. The van der Waals surface area contributed by atoms with Crippen molar-refractivity contribution < 1.29 is 23.1 Å². The maximum Gasteiger partial charge on any atom is 0.356 e. The van der Waals surface area contributed by atoms with Crippen LogP contribution >= 0.6 is 0 Å². The number of nitrogens with zero attached hydrogens (tertiary/aromatic N) is 2. The number of sulfone groups is 1. The topological polar surface area (TPSA) is 126 Å². The minimum atomic E-state index is -3.11. The molecule has 20 heavy (non-hydrogen) atoms. The van der Waals surface area contributed by atoms with Gasteiger partial charge in [0, 0.05) is 6.04 Å². The summed E-state index contributed by atoms with van der Waals surface area (Å²) in [6.45, 7) is 0. The molecule has 1 amide bonds. The third-order valence-electron chi connectivity index (χ3n) is 2.90. The zero-order valence-corrected chi connectivity index (χ0v) is 11.3. The molecule has 1 aliphatic rings. The van der Waals surface area contributed by atoms with E-state index in [4.69, 9.17) is 5.11 Å². The molecule has 1 fully saturated rings. The van der Waals surface area contributed by atoms with E-state index in [0.717, 1.165) is 12.4 Å². The maximum absolute atomic E-state index is 11.8. The van der Waals surface area contributed by atoms with E-state index in [1.54, 1.807) is 0 Å². The second-order valence-electron chi connectivity index (χ2n) is 4.52. The summed E-state index contributed by atoms with van der Waals surface area (Å²) in [5, 5.41) is 11.2. The van der Waals surface area contributed by atoms with Crippen molar-refractivity contribution in [3.05, 3.63) is 23.8 Å². The van der Waals surface area contributed by atoms with Crippen molar-refractivity contribution >= 4 is 21.7 Å². The Morgan fingerprint density at radius 3 is 2.45 bits per heavy atom. The summed E-state index contributed by atoms with van der Waals surface area (Å²) in [5.41, 5.74) is -0.306. The summed E-state index contributed by atoms with van der Waals surface area (Å²) in [5.74, 6) is -1.73. The Morgan fingerprint density at radius 1 is 1.25 bits per heavy atom. The number of carbonyl (C=O) groups excluding carboxylic acids is 1. The number of carbonyl (C=O) groups is 2. The number of carboxylic acids is 1. The molecule has 2 N–H and O–H groups in total. The highest BCUT2D eigenvalue weighted by atomic mass is 32.2. The normalized spacial score (nSPS) is 21.1. The molecule has 2 rings (SSSR count). The van der Waals surface area contributed by atoms with Crippen LogP contribution in [-0.2, 0) is 9.84 Å². The summed E-state index contributed by atoms with van der Waals surface area (Å²) < 4.78 is 22.9. The van der Waals surface area contributed by atoms with Crippen LogP contribution in [0.15, 0.2) is 12.4 Å². The monoisotopic (exact) mass is 299 g/mol. The fraction of sp³-hybridized carbons (Fsp3) is 0.455. The predicted molar refractivity (Wildman–Crippen MR) is 68.1 cm³/mol. The summed E-state index contributed by atoms with van der Waals surface area (Å²) in [7, 11) is -3.11. The number of rotatable bonds is 3. The summed E-state index contributed by atoms with van der Waals surface area (Å²) in [4.78, 5) is 29.7. The first-order valence-corrected chi connectivity index (χ1v) is 7.76. The molecular formula is C11H13N3O5S. The van der Waals surface area contributed by atoms with E-state index in [0.29, 0.717) is 12.8 Å². The van der Waals surface area contributed by atoms with Crippen molar-refractivity contribution in [3.63, 3.8) is 0 Å². The van der Waals surface area contributed by atoms with Crippen molar-refractivity contribution in [3.8, 4) is 0 Å². The van der Waals surface area contributed by atoms with Crippen molar-refractivity contribution in [2.75, 3.05) is 11.5 Å². The van der Waals surface area contributed by atoms with Gasteiger partial charge < -0.3 is 10.4 Å². The lowest BCUT2D eigenvalue weighted by Gasteiger charge is -2.22. The quantitative estimate of drug-likeness (QED) is 0.769. The van der Waals surface area contributed by atoms with E-state index < -0.39 is 27.8 Å². The third-order valence-corrected chi connectivity index (χ3v) is 4.72. The highest BCUT2D eigenvalue weighted by Crippen LogP contribution is 2.12. The maximum atomic E-state index is 11.8. The molecule has 0 radical (unpaired) electrons. The predicted octanol–water partition coefficient (Wildman–Crippen LogP) is -0.518.